The number of guanidine groups is 1. The van der Waals surface area contributed by atoms with E-state index in [-0.39, 0.29) is 0 Å². The molecular formula is C20H22N4. The third kappa shape index (κ3) is 4.10. The van der Waals surface area contributed by atoms with Crippen LogP contribution in [0.1, 0.15) is 11.1 Å². The van der Waals surface area contributed by atoms with Crippen molar-refractivity contribution in [3.05, 3.63) is 78.0 Å². The van der Waals surface area contributed by atoms with Crippen LogP contribution in [0.4, 0.5) is 0 Å². The fourth-order valence-corrected chi connectivity index (χ4v) is 2.68. The maximum absolute atomic E-state index is 4.40. The quantitative estimate of drug-likeness (QED) is 0.561. The van der Waals surface area contributed by atoms with Crippen LogP contribution in [0, 0.1) is 0 Å². The molecule has 2 N–H and O–H groups in total. The van der Waals surface area contributed by atoms with E-state index in [4.69, 9.17) is 0 Å². The molecule has 0 fully saturated rings. The highest BCUT2D eigenvalue weighted by Crippen LogP contribution is 2.15. The monoisotopic (exact) mass is 318 g/mol. The molecule has 0 radical (unpaired) electrons. The first-order valence-electron chi connectivity index (χ1n) is 8.18. The van der Waals surface area contributed by atoms with Crippen molar-refractivity contribution in [1.29, 1.82) is 0 Å². The van der Waals surface area contributed by atoms with Crippen molar-refractivity contribution in [2.24, 2.45) is 4.99 Å². The van der Waals surface area contributed by atoms with E-state index in [2.05, 4.69) is 50.9 Å². The molecule has 0 unspecified atom stereocenters. The number of rotatable bonds is 5. The Bertz CT molecular complexity index is 807. The zero-order chi connectivity index (χ0) is 16.6. The topological polar surface area (TPSA) is 49.3 Å². The van der Waals surface area contributed by atoms with Crippen molar-refractivity contribution in [1.82, 2.24) is 15.6 Å². The first kappa shape index (κ1) is 16.0. The largest absolute Gasteiger partial charge is 0.356 e. The summed E-state index contributed by atoms with van der Waals surface area (Å²) in [7, 11) is 1.79. The second kappa shape index (κ2) is 8.11. The van der Waals surface area contributed by atoms with Gasteiger partial charge in [-0.2, -0.15) is 0 Å². The van der Waals surface area contributed by atoms with E-state index in [1.165, 1.54) is 16.5 Å². The number of hydrogen-bond acceptors (Lipinski definition) is 2. The number of benzene rings is 2. The molecule has 0 atom stereocenters. The van der Waals surface area contributed by atoms with Crippen LogP contribution in [0.5, 0.6) is 0 Å². The standard InChI is InChI=1S/C20H22N4/c1-21-20(23-13-11-16-7-3-2-4-8-16)24-15-17-12-14-22-19-10-6-5-9-18(17)19/h2-10,12,14H,11,13,15H2,1H3,(H2,21,23,24). The van der Waals surface area contributed by atoms with Crippen LogP contribution in [-0.2, 0) is 13.0 Å². The molecule has 4 heteroatoms. The van der Waals surface area contributed by atoms with E-state index in [1.54, 1.807) is 7.05 Å². The van der Waals surface area contributed by atoms with Crippen LogP contribution in [0.3, 0.4) is 0 Å². The number of nitrogens with zero attached hydrogens (tertiary/aromatic N) is 2. The Morgan fingerprint density at radius 2 is 1.75 bits per heavy atom. The number of aromatic nitrogens is 1. The van der Waals surface area contributed by atoms with Crippen LogP contribution < -0.4 is 10.6 Å². The SMILES string of the molecule is CN=C(NCCc1ccccc1)NCc1ccnc2ccccc12. The van der Waals surface area contributed by atoms with Gasteiger partial charge in [0.2, 0.25) is 0 Å². The van der Waals surface area contributed by atoms with Crippen molar-refractivity contribution in [3.63, 3.8) is 0 Å². The summed E-state index contributed by atoms with van der Waals surface area (Å²) in [4.78, 5) is 8.69. The minimum absolute atomic E-state index is 0.716. The highest BCUT2D eigenvalue weighted by Gasteiger charge is 2.03. The Hall–Kier alpha value is -2.88. The number of aliphatic imine (C=N–C) groups is 1. The lowest BCUT2D eigenvalue weighted by Crippen LogP contribution is -2.37. The molecule has 0 aliphatic heterocycles. The van der Waals surface area contributed by atoms with E-state index >= 15 is 0 Å². The normalized spacial score (nSPS) is 11.5. The molecular weight excluding hydrogens is 296 g/mol. The summed E-state index contributed by atoms with van der Waals surface area (Å²) in [5.74, 6) is 0.812. The Kier molecular flexibility index (Phi) is 5.40. The highest BCUT2D eigenvalue weighted by atomic mass is 15.2. The van der Waals surface area contributed by atoms with E-state index < -0.39 is 0 Å². The Morgan fingerprint density at radius 1 is 0.958 bits per heavy atom. The fraction of sp³-hybridized carbons (Fsp3) is 0.200. The van der Waals surface area contributed by atoms with Gasteiger partial charge in [0.1, 0.15) is 0 Å². The van der Waals surface area contributed by atoms with Crippen molar-refractivity contribution >= 4 is 16.9 Å². The van der Waals surface area contributed by atoms with Crippen LogP contribution in [-0.4, -0.2) is 24.5 Å². The molecule has 4 nitrogen and oxygen atoms in total. The van der Waals surface area contributed by atoms with Gasteiger partial charge in [-0.05, 0) is 29.7 Å². The van der Waals surface area contributed by atoms with Crippen LogP contribution >= 0.6 is 0 Å². The predicted molar refractivity (Wildman–Crippen MR) is 100 cm³/mol. The van der Waals surface area contributed by atoms with Crippen molar-refractivity contribution < 1.29 is 0 Å². The minimum Gasteiger partial charge on any atom is -0.356 e. The maximum Gasteiger partial charge on any atom is 0.191 e. The van der Waals surface area contributed by atoms with Gasteiger partial charge in [0.25, 0.3) is 0 Å². The maximum atomic E-state index is 4.40. The van der Waals surface area contributed by atoms with Gasteiger partial charge < -0.3 is 10.6 Å². The molecule has 0 saturated carbocycles. The van der Waals surface area contributed by atoms with Crippen LogP contribution in [0.2, 0.25) is 0 Å². The van der Waals surface area contributed by atoms with Gasteiger partial charge in [0.05, 0.1) is 5.52 Å². The summed E-state index contributed by atoms with van der Waals surface area (Å²) >= 11 is 0. The summed E-state index contributed by atoms with van der Waals surface area (Å²) < 4.78 is 0. The molecule has 0 aliphatic carbocycles. The van der Waals surface area contributed by atoms with Crippen LogP contribution in [0.25, 0.3) is 10.9 Å². The van der Waals surface area contributed by atoms with Gasteiger partial charge in [-0.1, -0.05) is 48.5 Å². The molecule has 3 aromatic rings. The first-order valence-corrected chi connectivity index (χ1v) is 8.18. The summed E-state index contributed by atoms with van der Waals surface area (Å²) in [6, 6.07) is 20.7. The van der Waals surface area contributed by atoms with Crippen molar-refractivity contribution in [2.45, 2.75) is 13.0 Å². The lowest BCUT2D eigenvalue weighted by atomic mass is 10.1. The molecule has 0 amide bonds. The fourth-order valence-electron chi connectivity index (χ4n) is 2.68. The molecule has 2 aromatic carbocycles. The zero-order valence-electron chi connectivity index (χ0n) is 13.9. The van der Waals surface area contributed by atoms with E-state index in [0.29, 0.717) is 6.54 Å². The van der Waals surface area contributed by atoms with E-state index in [1.807, 2.05) is 36.5 Å². The lowest BCUT2D eigenvalue weighted by molar-refractivity contribution is 0.796. The van der Waals surface area contributed by atoms with Crippen LogP contribution in [0.15, 0.2) is 71.9 Å². The second-order valence-electron chi connectivity index (χ2n) is 5.58. The first-order chi connectivity index (χ1) is 11.9. The molecule has 122 valence electrons. The average molecular weight is 318 g/mol. The Morgan fingerprint density at radius 3 is 2.58 bits per heavy atom. The van der Waals surface area contributed by atoms with Gasteiger partial charge in [0, 0.05) is 31.7 Å². The molecule has 1 aromatic heterocycles. The predicted octanol–water partition coefficient (Wildman–Crippen LogP) is 3.14. The van der Waals surface area contributed by atoms with Crippen molar-refractivity contribution in [2.75, 3.05) is 13.6 Å². The molecule has 24 heavy (non-hydrogen) atoms. The van der Waals surface area contributed by atoms with E-state index in [9.17, 15) is 0 Å². The number of fused-ring (bicyclic) bond motifs is 1. The molecule has 3 rings (SSSR count). The van der Waals surface area contributed by atoms with Gasteiger partial charge in [-0.15, -0.1) is 0 Å². The van der Waals surface area contributed by atoms with Gasteiger partial charge in [-0.25, -0.2) is 0 Å². The van der Waals surface area contributed by atoms with Gasteiger partial charge >= 0.3 is 0 Å². The molecule has 0 spiro atoms. The molecule has 0 aliphatic rings. The summed E-state index contributed by atoms with van der Waals surface area (Å²) in [6.07, 6.45) is 2.82. The summed E-state index contributed by atoms with van der Waals surface area (Å²) in [5, 5.41) is 7.91. The number of nitrogens with one attached hydrogen (secondary N) is 2. The second-order valence-corrected chi connectivity index (χ2v) is 5.58. The van der Waals surface area contributed by atoms with Crippen molar-refractivity contribution in [3.8, 4) is 0 Å². The van der Waals surface area contributed by atoms with Gasteiger partial charge in [-0.3, -0.25) is 9.98 Å². The molecule has 0 saturated heterocycles. The lowest BCUT2D eigenvalue weighted by Gasteiger charge is -2.13. The number of hydrogen-bond donors (Lipinski definition) is 2. The van der Waals surface area contributed by atoms with E-state index in [0.717, 1.165) is 24.4 Å². The molecule has 0 bridgehead atoms. The highest BCUT2D eigenvalue weighted by molar-refractivity contribution is 5.83. The number of para-hydroxylation sites is 1. The third-order valence-electron chi connectivity index (χ3n) is 3.96. The smallest absolute Gasteiger partial charge is 0.191 e. The minimum atomic E-state index is 0.716. The summed E-state index contributed by atoms with van der Waals surface area (Å²) in [6.45, 7) is 1.56. The summed E-state index contributed by atoms with van der Waals surface area (Å²) in [5.41, 5.74) is 3.55. The zero-order valence-corrected chi connectivity index (χ0v) is 13.9. The Labute approximate surface area is 142 Å². The van der Waals surface area contributed by atoms with Gasteiger partial charge in [0.15, 0.2) is 5.96 Å². The number of pyridine rings is 1. The third-order valence-corrected chi connectivity index (χ3v) is 3.96. The molecule has 1 heterocycles. The average Bonchev–Trinajstić information content (AvgIpc) is 2.65. The Balaban J connectivity index is 1.56.